The molecule has 1 unspecified atom stereocenters. The van der Waals surface area contributed by atoms with E-state index in [-0.39, 0.29) is 18.5 Å². The third-order valence-corrected chi connectivity index (χ3v) is 2.80. The van der Waals surface area contributed by atoms with Crippen LogP contribution in [0, 0.1) is 5.92 Å². The summed E-state index contributed by atoms with van der Waals surface area (Å²) in [4.78, 5) is 11.8. The van der Waals surface area contributed by atoms with Crippen molar-refractivity contribution < 1.29 is 9.47 Å². The predicted octanol–water partition coefficient (Wildman–Crippen LogP) is 2.18. The highest BCUT2D eigenvalue weighted by atomic mass is 16.5. The van der Waals surface area contributed by atoms with Crippen LogP contribution in [-0.4, -0.2) is 44.1 Å². The molecule has 0 saturated heterocycles. The van der Waals surface area contributed by atoms with Crippen LogP contribution in [0.5, 0.6) is 0 Å². The quantitative estimate of drug-likeness (QED) is 0.438. The lowest BCUT2D eigenvalue weighted by atomic mass is 9.97. The fourth-order valence-electron chi connectivity index (χ4n) is 1.82. The van der Waals surface area contributed by atoms with Crippen molar-refractivity contribution in [3.63, 3.8) is 0 Å². The predicted molar refractivity (Wildman–Crippen MR) is 69.9 cm³/mol. The van der Waals surface area contributed by atoms with Gasteiger partial charge in [0, 0.05) is 4.91 Å². The van der Waals surface area contributed by atoms with Crippen LogP contribution in [-0.2, 0) is 9.47 Å². The van der Waals surface area contributed by atoms with Gasteiger partial charge in [0.2, 0.25) is 11.8 Å². The van der Waals surface area contributed by atoms with Crippen molar-refractivity contribution in [3.05, 3.63) is 10.4 Å². The molecule has 100 valence electrons. The average Bonchev–Trinajstić information content (AvgIpc) is 2.35. The Hall–Kier alpha value is -1.75. The second kappa shape index (κ2) is 5.73. The monoisotopic (exact) mass is 253 g/mol. The Kier molecular flexibility index (Phi) is 4.55. The Morgan fingerprint density at radius 3 is 2.56 bits per heavy atom. The Morgan fingerprint density at radius 1 is 1.44 bits per heavy atom. The number of hydrogen-bond donors (Lipinski definition) is 0. The highest BCUT2D eigenvalue weighted by Crippen LogP contribution is 2.25. The lowest BCUT2D eigenvalue weighted by molar-refractivity contribution is 0.312. The van der Waals surface area contributed by atoms with Gasteiger partial charge in [0.25, 0.3) is 0 Å². The first kappa shape index (κ1) is 14.3. The van der Waals surface area contributed by atoms with E-state index in [1.807, 2.05) is 13.8 Å². The molecule has 0 amide bonds. The number of nitrogens with zero attached hydrogens (tertiary/aromatic N) is 5. The third kappa shape index (κ3) is 2.73. The van der Waals surface area contributed by atoms with Crippen molar-refractivity contribution in [1.82, 2.24) is 0 Å². The van der Waals surface area contributed by atoms with Crippen LogP contribution < -0.4 is 0 Å². The molecule has 2 atom stereocenters. The molecule has 0 aromatic heterocycles. The normalized spacial score (nSPS) is 27.1. The third-order valence-electron chi connectivity index (χ3n) is 2.80. The Balaban J connectivity index is 3.16. The van der Waals surface area contributed by atoms with Crippen LogP contribution in [0.4, 0.5) is 0 Å². The molecule has 1 heterocycles. The smallest absolute Gasteiger partial charge is 0.212 e. The molecule has 0 aliphatic carbocycles. The van der Waals surface area contributed by atoms with Crippen molar-refractivity contribution in [1.29, 1.82) is 0 Å². The van der Waals surface area contributed by atoms with Crippen LogP contribution in [0.15, 0.2) is 15.1 Å². The largest absolute Gasteiger partial charge is 0.483 e. The van der Waals surface area contributed by atoms with Crippen molar-refractivity contribution in [3.8, 4) is 0 Å². The summed E-state index contributed by atoms with van der Waals surface area (Å²) < 4.78 is 10.6. The summed E-state index contributed by atoms with van der Waals surface area (Å²) in [5.41, 5.74) is 7.64. The summed E-state index contributed by atoms with van der Waals surface area (Å²) in [6.45, 7) is 6.02. The van der Waals surface area contributed by atoms with Gasteiger partial charge in [-0.2, -0.15) is 0 Å². The van der Waals surface area contributed by atoms with Crippen LogP contribution >= 0.6 is 0 Å². The van der Waals surface area contributed by atoms with Gasteiger partial charge in [-0.15, -0.1) is 0 Å². The van der Waals surface area contributed by atoms with E-state index in [0.29, 0.717) is 11.8 Å². The minimum absolute atomic E-state index is 0.147. The molecule has 0 fully saturated rings. The second-order valence-corrected chi connectivity index (χ2v) is 4.64. The zero-order valence-electron chi connectivity index (χ0n) is 11.4. The fraction of sp³-hybridized carbons (Fsp3) is 0.818. The van der Waals surface area contributed by atoms with Gasteiger partial charge < -0.3 is 9.47 Å². The summed E-state index contributed by atoms with van der Waals surface area (Å²) in [6.07, 6.45) is 0. The van der Waals surface area contributed by atoms with E-state index in [4.69, 9.17) is 15.0 Å². The first-order valence-corrected chi connectivity index (χ1v) is 5.75. The van der Waals surface area contributed by atoms with E-state index in [1.54, 1.807) is 14.0 Å². The molecule has 1 rings (SSSR count). The molecule has 1 aliphatic heterocycles. The zero-order valence-corrected chi connectivity index (χ0v) is 11.4. The molecule has 0 N–H and O–H groups in total. The molecule has 18 heavy (non-hydrogen) atoms. The van der Waals surface area contributed by atoms with E-state index >= 15 is 0 Å². The first-order valence-electron chi connectivity index (χ1n) is 5.75. The van der Waals surface area contributed by atoms with E-state index in [2.05, 4.69) is 20.0 Å². The Morgan fingerprint density at radius 2 is 2.11 bits per heavy atom. The number of rotatable bonds is 3. The molecule has 0 aromatic carbocycles. The van der Waals surface area contributed by atoms with Gasteiger partial charge in [-0.1, -0.05) is 19.0 Å². The molecule has 0 radical (unpaired) electrons. The number of azide groups is 1. The van der Waals surface area contributed by atoms with E-state index in [9.17, 15) is 0 Å². The summed E-state index contributed by atoms with van der Waals surface area (Å²) in [5, 5.41) is 3.56. The molecule has 0 aromatic rings. The number of hydrogen-bond acceptors (Lipinski definition) is 5. The number of methoxy groups -OCH3 is 2. The standard InChI is InChI=1S/C11H19N5O2/c1-7(2)8-9(17-4)15-11(3,6-13-16-12)10(14-8)18-5/h7-8H,6H2,1-5H3/t8?,11-/m0/s1. The van der Waals surface area contributed by atoms with Crippen LogP contribution in [0.1, 0.15) is 20.8 Å². The Bertz CT molecular complexity index is 412. The number of aliphatic imine (C=N–C) groups is 2. The summed E-state index contributed by atoms with van der Waals surface area (Å²) >= 11 is 0. The van der Waals surface area contributed by atoms with Crippen molar-refractivity contribution in [2.24, 2.45) is 21.0 Å². The van der Waals surface area contributed by atoms with Gasteiger partial charge in [-0.05, 0) is 18.4 Å². The molecule has 0 spiro atoms. The molecular weight excluding hydrogens is 234 g/mol. The minimum atomic E-state index is -0.794. The molecule has 1 aliphatic rings. The maximum Gasteiger partial charge on any atom is 0.212 e. The summed E-state index contributed by atoms with van der Waals surface area (Å²) in [6, 6.07) is -0.163. The molecular formula is C11H19N5O2. The highest BCUT2D eigenvalue weighted by molar-refractivity contribution is 5.96. The average molecular weight is 253 g/mol. The lowest BCUT2D eigenvalue weighted by Gasteiger charge is -2.32. The highest BCUT2D eigenvalue weighted by Gasteiger charge is 2.39. The van der Waals surface area contributed by atoms with E-state index in [1.165, 1.54) is 7.11 Å². The SMILES string of the molecule is COC1=N[C@@](C)(CN=[N+]=[N-])C(OC)=NC1C(C)C. The van der Waals surface area contributed by atoms with E-state index in [0.717, 1.165) is 0 Å². The first-order chi connectivity index (χ1) is 8.48. The Labute approximate surface area is 107 Å². The van der Waals surface area contributed by atoms with Crippen molar-refractivity contribution in [2.75, 3.05) is 20.8 Å². The van der Waals surface area contributed by atoms with Gasteiger partial charge in [0.05, 0.1) is 20.8 Å². The molecule has 0 saturated carbocycles. The van der Waals surface area contributed by atoms with Crippen LogP contribution in [0.3, 0.4) is 0 Å². The molecule has 0 bridgehead atoms. The molecule has 7 heteroatoms. The fourth-order valence-corrected chi connectivity index (χ4v) is 1.82. The minimum Gasteiger partial charge on any atom is -0.483 e. The van der Waals surface area contributed by atoms with Gasteiger partial charge in [0.1, 0.15) is 11.6 Å². The lowest BCUT2D eigenvalue weighted by Crippen LogP contribution is -2.46. The maximum atomic E-state index is 8.43. The van der Waals surface area contributed by atoms with Gasteiger partial charge in [0.15, 0.2) is 0 Å². The van der Waals surface area contributed by atoms with E-state index < -0.39 is 5.54 Å². The maximum absolute atomic E-state index is 8.43. The van der Waals surface area contributed by atoms with Gasteiger partial charge in [-0.3, -0.25) is 0 Å². The van der Waals surface area contributed by atoms with Gasteiger partial charge in [-0.25, -0.2) is 9.98 Å². The molecule has 7 nitrogen and oxygen atoms in total. The van der Waals surface area contributed by atoms with Crippen LogP contribution in [0.25, 0.3) is 10.4 Å². The second-order valence-electron chi connectivity index (χ2n) is 4.64. The van der Waals surface area contributed by atoms with Crippen molar-refractivity contribution >= 4 is 11.8 Å². The topological polar surface area (TPSA) is 91.9 Å². The van der Waals surface area contributed by atoms with Gasteiger partial charge >= 0.3 is 0 Å². The number of ether oxygens (including phenoxy) is 2. The zero-order chi connectivity index (χ0) is 13.8. The van der Waals surface area contributed by atoms with Crippen LogP contribution in [0.2, 0.25) is 0 Å². The van der Waals surface area contributed by atoms with Crippen molar-refractivity contribution in [2.45, 2.75) is 32.4 Å². The summed E-state index contributed by atoms with van der Waals surface area (Å²) in [7, 11) is 3.10. The summed E-state index contributed by atoms with van der Waals surface area (Å²) in [5.74, 6) is 1.26.